The summed E-state index contributed by atoms with van der Waals surface area (Å²) in [6, 6.07) is 4.89. The van der Waals surface area contributed by atoms with Gasteiger partial charge in [0.05, 0.1) is 11.6 Å². The minimum atomic E-state index is -0.491. The average Bonchev–Trinajstić information content (AvgIpc) is 2.32. The highest BCUT2D eigenvalue weighted by Crippen LogP contribution is 2.19. The number of nitrogens with zero attached hydrogens (tertiary/aromatic N) is 1. The second kappa shape index (κ2) is 7.94. The molecule has 2 atom stereocenters. The van der Waals surface area contributed by atoms with Crippen LogP contribution in [0.15, 0.2) is 18.2 Å². The molecule has 0 bridgehead atoms. The number of amides is 1. The van der Waals surface area contributed by atoms with Crippen molar-refractivity contribution >= 4 is 35.6 Å². The van der Waals surface area contributed by atoms with E-state index in [1.54, 1.807) is 0 Å². The van der Waals surface area contributed by atoms with E-state index in [1.165, 1.54) is 18.2 Å². The quantitative estimate of drug-likeness (QED) is 0.892. The molecule has 7 heteroatoms. The van der Waals surface area contributed by atoms with Crippen molar-refractivity contribution in [3.8, 4) is 0 Å². The van der Waals surface area contributed by atoms with Gasteiger partial charge in [-0.3, -0.25) is 9.69 Å². The highest BCUT2D eigenvalue weighted by Gasteiger charge is 2.22. The van der Waals surface area contributed by atoms with Gasteiger partial charge in [0, 0.05) is 30.9 Å². The van der Waals surface area contributed by atoms with Gasteiger partial charge in [-0.25, -0.2) is 4.39 Å². The highest BCUT2D eigenvalue weighted by molar-refractivity contribution is 6.31. The molecule has 2 N–H and O–H groups in total. The summed E-state index contributed by atoms with van der Waals surface area (Å²) in [7, 11) is 0. The smallest absolute Gasteiger partial charge is 0.238 e. The van der Waals surface area contributed by atoms with Crippen molar-refractivity contribution in [3.05, 3.63) is 29.0 Å². The predicted molar refractivity (Wildman–Crippen MR) is 85.8 cm³/mol. The van der Waals surface area contributed by atoms with Crippen LogP contribution in [0.3, 0.4) is 0 Å². The zero-order chi connectivity index (χ0) is 14.7. The highest BCUT2D eigenvalue weighted by atomic mass is 35.5. The Labute approximate surface area is 135 Å². The van der Waals surface area contributed by atoms with Crippen LogP contribution in [0.1, 0.15) is 13.8 Å². The van der Waals surface area contributed by atoms with Crippen molar-refractivity contribution in [2.75, 3.05) is 25.0 Å². The molecule has 1 aliphatic heterocycles. The summed E-state index contributed by atoms with van der Waals surface area (Å²) in [5.74, 6) is -0.608. The molecule has 1 aliphatic rings. The molecule has 1 aromatic rings. The molecule has 1 amide bonds. The summed E-state index contributed by atoms with van der Waals surface area (Å²) in [5, 5.41) is 6.15. The summed E-state index contributed by atoms with van der Waals surface area (Å²) >= 11 is 5.68. The summed E-state index contributed by atoms with van der Waals surface area (Å²) in [6.45, 7) is 6.19. The Balaban J connectivity index is 0.00000220. The monoisotopic (exact) mass is 335 g/mol. The van der Waals surface area contributed by atoms with Crippen molar-refractivity contribution in [3.63, 3.8) is 0 Å². The maximum absolute atomic E-state index is 13.0. The van der Waals surface area contributed by atoms with E-state index in [2.05, 4.69) is 29.4 Å². The number of benzene rings is 1. The zero-order valence-electron chi connectivity index (χ0n) is 12.0. The standard InChI is InChI=1S/C14H19ClFN3O.ClH/c1-9-6-19(7-10(2)17-9)8-14(20)18-11-3-4-13(16)12(15)5-11;/h3-5,9-10,17H,6-8H2,1-2H3,(H,18,20);1H. The molecule has 1 heterocycles. The van der Waals surface area contributed by atoms with Crippen LogP contribution < -0.4 is 10.6 Å². The maximum Gasteiger partial charge on any atom is 0.238 e. The molecule has 0 aromatic heterocycles. The molecule has 2 rings (SSSR count). The van der Waals surface area contributed by atoms with Crippen LogP contribution in [0.4, 0.5) is 10.1 Å². The van der Waals surface area contributed by atoms with E-state index in [4.69, 9.17) is 11.6 Å². The van der Waals surface area contributed by atoms with E-state index in [9.17, 15) is 9.18 Å². The lowest BCUT2D eigenvalue weighted by Crippen LogP contribution is -2.55. The van der Waals surface area contributed by atoms with Crippen LogP contribution in [-0.4, -0.2) is 42.5 Å². The lowest BCUT2D eigenvalue weighted by atomic mass is 10.1. The third kappa shape index (κ3) is 5.43. The van der Waals surface area contributed by atoms with Gasteiger partial charge < -0.3 is 10.6 Å². The van der Waals surface area contributed by atoms with Gasteiger partial charge in [-0.15, -0.1) is 12.4 Å². The van der Waals surface area contributed by atoms with E-state index >= 15 is 0 Å². The first kappa shape index (κ1) is 18.2. The molecule has 21 heavy (non-hydrogen) atoms. The van der Waals surface area contributed by atoms with Crippen molar-refractivity contribution in [2.45, 2.75) is 25.9 Å². The van der Waals surface area contributed by atoms with E-state index in [0.29, 0.717) is 24.3 Å². The number of piperazine rings is 1. The molecular weight excluding hydrogens is 316 g/mol. The maximum atomic E-state index is 13.0. The van der Waals surface area contributed by atoms with Gasteiger partial charge in [0.15, 0.2) is 0 Å². The van der Waals surface area contributed by atoms with Gasteiger partial charge in [0.2, 0.25) is 5.91 Å². The summed E-state index contributed by atoms with van der Waals surface area (Å²) < 4.78 is 13.0. The van der Waals surface area contributed by atoms with Crippen LogP contribution in [0.2, 0.25) is 5.02 Å². The van der Waals surface area contributed by atoms with Crippen LogP contribution >= 0.6 is 24.0 Å². The second-order valence-corrected chi connectivity index (χ2v) is 5.75. The van der Waals surface area contributed by atoms with Crippen LogP contribution in [0.5, 0.6) is 0 Å². The van der Waals surface area contributed by atoms with Crippen LogP contribution in [-0.2, 0) is 4.79 Å². The number of rotatable bonds is 3. The van der Waals surface area contributed by atoms with Gasteiger partial charge in [0.1, 0.15) is 5.82 Å². The average molecular weight is 336 g/mol. The predicted octanol–water partition coefficient (Wildman–Crippen LogP) is 2.52. The first-order valence-corrected chi connectivity index (χ1v) is 7.05. The van der Waals surface area contributed by atoms with Gasteiger partial charge in [-0.2, -0.15) is 0 Å². The Bertz CT molecular complexity index is 491. The number of nitrogens with one attached hydrogen (secondary N) is 2. The van der Waals surface area contributed by atoms with E-state index in [0.717, 1.165) is 13.1 Å². The van der Waals surface area contributed by atoms with Crippen LogP contribution in [0.25, 0.3) is 0 Å². The van der Waals surface area contributed by atoms with Crippen molar-refractivity contribution in [1.82, 2.24) is 10.2 Å². The molecule has 1 saturated heterocycles. The summed E-state index contributed by atoms with van der Waals surface area (Å²) in [6.07, 6.45) is 0. The number of hydrogen-bond acceptors (Lipinski definition) is 3. The Morgan fingerprint density at radius 2 is 2.05 bits per heavy atom. The molecule has 1 aromatic carbocycles. The number of halogens is 3. The topological polar surface area (TPSA) is 44.4 Å². The third-order valence-corrected chi connectivity index (χ3v) is 3.49. The van der Waals surface area contributed by atoms with Gasteiger partial charge in [-0.05, 0) is 32.0 Å². The third-order valence-electron chi connectivity index (χ3n) is 3.20. The van der Waals surface area contributed by atoms with E-state index in [-0.39, 0.29) is 23.3 Å². The molecule has 4 nitrogen and oxygen atoms in total. The zero-order valence-corrected chi connectivity index (χ0v) is 13.6. The Hall–Kier alpha value is -0.880. The SMILES string of the molecule is CC1CN(CC(=O)Nc2ccc(F)c(Cl)c2)CC(C)N1.Cl. The fourth-order valence-electron chi connectivity index (χ4n) is 2.55. The lowest BCUT2D eigenvalue weighted by molar-refractivity contribution is -0.117. The normalized spacial score (nSPS) is 22.5. The molecule has 0 radical (unpaired) electrons. The molecule has 118 valence electrons. The molecule has 0 spiro atoms. The molecule has 0 saturated carbocycles. The Morgan fingerprint density at radius 3 is 2.62 bits per heavy atom. The first-order valence-electron chi connectivity index (χ1n) is 6.67. The summed E-state index contributed by atoms with van der Waals surface area (Å²) in [4.78, 5) is 14.1. The van der Waals surface area contributed by atoms with Gasteiger partial charge in [0.25, 0.3) is 0 Å². The fraction of sp³-hybridized carbons (Fsp3) is 0.500. The molecular formula is C14H20Cl2FN3O. The minimum absolute atomic E-state index is 0. The van der Waals surface area contributed by atoms with Gasteiger partial charge >= 0.3 is 0 Å². The molecule has 1 fully saturated rings. The summed E-state index contributed by atoms with van der Waals surface area (Å²) in [5.41, 5.74) is 0.512. The number of carbonyl (C=O) groups excluding carboxylic acids is 1. The Kier molecular flexibility index (Phi) is 6.87. The van der Waals surface area contributed by atoms with E-state index in [1.807, 2.05) is 0 Å². The van der Waals surface area contributed by atoms with Crippen LogP contribution in [0, 0.1) is 5.82 Å². The number of carbonyl (C=O) groups is 1. The van der Waals surface area contributed by atoms with Gasteiger partial charge in [-0.1, -0.05) is 11.6 Å². The molecule has 0 aliphatic carbocycles. The minimum Gasteiger partial charge on any atom is -0.325 e. The number of hydrogen-bond donors (Lipinski definition) is 2. The lowest BCUT2D eigenvalue weighted by Gasteiger charge is -2.35. The first-order chi connectivity index (χ1) is 9.44. The second-order valence-electron chi connectivity index (χ2n) is 5.34. The molecule has 2 unspecified atom stereocenters. The fourth-order valence-corrected chi connectivity index (χ4v) is 2.73. The van der Waals surface area contributed by atoms with E-state index < -0.39 is 5.82 Å². The Morgan fingerprint density at radius 1 is 1.43 bits per heavy atom. The van der Waals surface area contributed by atoms with Crippen molar-refractivity contribution in [1.29, 1.82) is 0 Å². The largest absolute Gasteiger partial charge is 0.325 e. The van der Waals surface area contributed by atoms with Crippen molar-refractivity contribution in [2.24, 2.45) is 0 Å². The van der Waals surface area contributed by atoms with Crippen molar-refractivity contribution < 1.29 is 9.18 Å². The number of anilines is 1.